The van der Waals surface area contributed by atoms with E-state index >= 15 is 0 Å². The molecule has 3 aromatic carbocycles. The molecule has 0 aromatic heterocycles. The van der Waals surface area contributed by atoms with Gasteiger partial charge in [0.05, 0.1) is 11.4 Å². The van der Waals surface area contributed by atoms with Crippen molar-refractivity contribution in [2.45, 2.75) is 11.4 Å². The molecule has 1 fully saturated rings. The number of nitrogens with zero attached hydrogens (tertiary/aromatic N) is 1. The molecule has 1 aliphatic heterocycles. The van der Waals surface area contributed by atoms with Crippen LogP contribution in [0.15, 0.2) is 88.7 Å². The van der Waals surface area contributed by atoms with E-state index in [1.807, 2.05) is 0 Å². The quantitative estimate of drug-likeness (QED) is 0.346. The lowest BCUT2D eigenvalue weighted by Crippen LogP contribution is -2.27. The first-order valence-corrected chi connectivity index (χ1v) is 12.0. The summed E-state index contributed by atoms with van der Waals surface area (Å²) in [5.41, 5.74) is 1.30. The lowest BCUT2D eigenvalue weighted by molar-refractivity contribution is -0.123. The molecule has 0 bridgehead atoms. The van der Waals surface area contributed by atoms with E-state index in [-0.39, 0.29) is 27.3 Å². The van der Waals surface area contributed by atoms with Crippen molar-refractivity contribution < 1.29 is 22.2 Å². The molecule has 0 unspecified atom stereocenters. The zero-order chi connectivity index (χ0) is 22.7. The first kappa shape index (κ1) is 22.1. The second kappa shape index (κ2) is 9.20. The first-order valence-electron chi connectivity index (χ1n) is 9.42. The van der Waals surface area contributed by atoms with Crippen LogP contribution in [0.5, 0.6) is 5.75 Å². The lowest BCUT2D eigenvalue weighted by Gasteiger charge is -2.13. The summed E-state index contributed by atoms with van der Waals surface area (Å²) in [5, 5.41) is 0.103. The molecule has 3 aromatic rings. The molecule has 0 atom stereocenters. The predicted molar refractivity (Wildman–Crippen MR) is 124 cm³/mol. The number of benzene rings is 3. The Bertz CT molecular complexity index is 1310. The zero-order valence-corrected chi connectivity index (χ0v) is 18.9. The Hall–Kier alpha value is -3.07. The van der Waals surface area contributed by atoms with Gasteiger partial charge in [-0.2, -0.15) is 8.42 Å². The van der Waals surface area contributed by atoms with E-state index in [0.717, 1.165) is 16.7 Å². The van der Waals surface area contributed by atoms with Crippen molar-refractivity contribution in [1.82, 2.24) is 4.90 Å². The molecule has 4 rings (SSSR count). The van der Waals surface area contributed by atoms with Crippen molar-refractivity contribution in [1.29, 1.82) is 0 Å². The van der Waals surface area contributed by atoms with Gasteiger partial charge in [-0.05, 0) is 59.3 Å². The summed E-state index contributed by atoms with van der Waals surface area (Å²) in [7, 11) is -3.94. The Balaban J connectivity index is 1.48. The average molecular weight is 486 g/mol. The predicted octanol–water partition coefficient (Wildman–Crippen LogP) is 5.34. The van der Waals surface area contributed by atoms with Gasteiger partial charge in [0.15, 0.2) is 0 Å². The second-order valence-corrected chi connectivity index (χ2v) is 9.73. The first-order chi connectivity index (χ1) is 15.3. The highest BCUT2D eigenvalue weighted by Gasteiger charge is 2.35. The molecule has 0 N–H and O–H groups in total. The maximum atomic E-state index is 12.7. The molecular formula is C23H16ClNO5S2. The largest absolute Gasteiger partial charge is 0.379 e. The summed E-state index contributed by atoms with van der Waals surface area (Å²) in [6.07, 6.45) is 1.58. The smallest absolute Gasteiger partial charge is 0.339 e. The number of hydrogen-bond acceptors (Lipinski definition) is 6. The number of rotatable bonds is 6. The van der Waals surface area contributed by atoms with Crippen molar-refractivity contribution >= 4 is 50.7 Å². The van der Waals surface area contributed by atoms with E-state index in [9.17, 15) is 18.0 Å². The van der Waals surface area contributed by atoms with Crippen LogP contribution in [0.3, 0.4) is 0 Å². The van der Waals surface area contributed by atoms with E-state index in [1.165, 1.54) is 24.3 Å². The fraction of sp³-hybridized carbons (Fsp3) is 0.0435. The molecule has 32 heavy (non-hydrogen) atoms. The van der Waals surface area contributed by atoms with E-state index in [0.29, 0.717) is 16.1 Å². The highest BCUT2D eigenvalue weighted by molar-refractivity contribution is 8.18. The van der Waals surface area contributed by atoms with E-state index in [1.54, 1.807) is 60.7 Å². The van der Waals surface area contributed by atoms with Gasteiger partial charge in [0.1, 0.15) is 10.6 Å². The molecule has 0 aliphatic carbocycles. The SMILES string of the molecule is O=C1S/C(=C\c2ccc(OS(=O)(=O)c3ccccc3)cc2)C(=O)N1Cc1ccccc1Cl. The van der Waals surface area contributed by atoms with Crippen LogP contribution >= 0.6 is 23.4 Å². The van der Waals surface area contributed by atoms with Gasteiger partial charge in [0.2, 0.25) is 0 Å². The van der Waals surface area contributed by atoms with Gasteiger partial charge in [-0.25, -0.2) is 0 Å². The van der Waals surface area contributed by atoms with Crippen molar-refractivity contribution in [3.63, 3.8) is 0 Å². The van der Waals surface area contributed by atoms with Crippen LogP contribution in [0.1, 0.15) is 11.1 Å². The molecule has 1 saturated heterocycles. The number of halogens is 1. The van der Waals surface area contributed by atoms with Crippen LogP contribution < -0.4 is 4.18 Å². The summed E-state index contributed by atoms with van der Waals surface area (Å²) in [6.45, 7) is 0.0891. The van der Waals surface area contributed by atoms with E-state index in [2.05, 4.69) is 0 Å². The molecule has 0 spiro atoms. The lowest BCUT2D eigenvalue weighted by atomic mass is 10.2. The third kappa shape index (κ3) is 4.88. The Morgan fingerprint density at radius 3 is 2.25 bits per heavy atom. The Morgan fingerprint density at radius 2 is 1.56 bits per heavy atom. The molecule has 0 radical (unpaired) electrons. The van der Waals surface area contributed by atoms with E-state index in [4.69, 9.17) is 15.8 Å². The van der Waals surface area contributed by atoms with Crippen LogP contribution in [0.2, 0.25) is 5.02 Å². The normalized spacial score (nSPS) is 15.4. The van der Waals surface area contributed by atoms with Crippen molar-refractivity contribution in [2.24, 2.45) is 0 Å². The monoisotopic (exact) mass is 485 g/mol. The molecular weight excluding hydrogens is 470 g/mol. The fourth-order valence-electron chi connectivity index (χ4n) is 2.97. The third-order valence-electron chi connectivity index (χ3n) is 4.58. The van der Waals surface area contributed by atoms with Gasteiger partial charge < -0.3 is 4.18 Å². The summed E-state index contributed by atoms with van der Waals surface area (Å²) < 4.78 is 29.8. The fourth-order valence-corrected chi connectivity index (χ4v) is 4.95. The summed E-state index contributed by atoms with van der Waals surface area (Å²) in [4.78, 5) is 26.5. The molecule has 162 valence electrons. The topological polar surface area (TPSA) is 80.8 Å². The molecule has 6 nitrogen and oxygen atoms in total. The van der Waals surface area contributed by atoms with Crippen LogP contribution in [0.25, 0.3) is 6.08 Å². The summed E-state index contributed by atoms with van der Waals surface area (Å²) >= 11 is 6.98. The maximum absolute atomic E-state index is 12.7. The Kier molecular flexibility index (Phi) is 6.36. The zero-order valence-electron chi connectivity index (χ0n) is 16.5. The Morgan fingerprint density at radius 1 is 0.906 bits per heavy atom. The number of thioether (sulfide) groups is 1. The molecule has 1 heterocycles. The highest BCUT2D eigenvalue weighted by Crippen LogP contribution is 2.34. The van der Waals surface area contributed by atoms with Crippen LogP contribution in [-0.4, -0.2) is 24.5 Å². The van der Waals surface area contributed by atoms with E-state index < -0.39 is 16.0 Å². The van der Waals surface area contributed by atoms with Gasteiger partial charge >= 0.3 is 10.1 Å². The van der Waals surface area contributed by atoms with Crippen LogP contribution in [-0.2, 0) is 21.5 Å². The number of amides is 2. The number of carbonyl (C=O) groups is 2. The van der Waals surface area contributed by atoms with Gasteiger partial charge in [-0.15, -0.1) is 0 Å². The van der Waals surface area contributed by atoms with Crippen molar-refractivity contribution in [3.05, 3.63) is 99.9 Å². The van der Waals surface area contributed by atoms with Crippen LogP contribution in [0, 0.1) is 0 Å². The number of carbonyl (C=O) groups excluding carboxylic acids is 2. The second-order valence-electron chi connectivity index (χ2n) is 6.78. The highest BCUT2D eigenvalue weighted by atomic mass is 35.5. The van der Waals surface area contributed by atoms with Gasteiger partial charge in [0.25, 0.3) is 11.1 Å². The van der Waals surface area contributed by atoms with Crippen molar-refractivity contribution in [2.75, 3.05) is 0 Å². The maximum Gasteiger partial charge on any atom is 0.339 e. The molecule has 0 saturated carbocycles. The molecule has 1 aliphatic rings. The van der Waals surface area contributed by atoms with Gasteiger partial charge in [-0.1, -0.05) is 60.1 Å². The molecule has 9 heteroatoms. The standard InChI is InChI=1S/C23H16ClNO5S2/c24-20-9-5-4-6-17(20)15-25-22(26)21(31-23(25)27)14-16-10-12-18(13-11-16)30-32(28,29)19-7-2-1-3-8-19/h1-14H,15H2/b21-14-. The minimum absolute atomic E-state index is 0.0521. The summed E-state index contributed by atoms with van der Waals surface area (Å²) in [6, 6.07) is 21.0. The van der Waals surface area contributed by atoms with Gasteiger partial charge in [0, 0.05) is 5.02 Å². The van der Waals surface area contributed by atoms with Crippen LogP contribution in [0.4, 0.5) is 4.79 Å². The third-order valence-corrected chi connectivity index (χ3v) is 7.11. The summed E-state index contributed by atoms with van der Waals surface area (Å²) in [5.74, 6) is -0.273. The van der Waals surface area contributed by atoms with Gasteiger partial charge in [-0.3, -0.25) is 14.5 Å². The molecule has 2 amide bonds. The van der Waals surface area contributed by atoms with Crippen molar-refractivity contribution in [3.8, 4) is 5.75 Å². The Labute approximate surface area is 194 Å². The number of hydrogen-bond donors (Lipinski definition) is 0. The minimum atomic E-state index is -3.94. The minimum Gasteiger partial charge on any atom is -0.379 e. The average Bonchev–Trinajstić information content (AvgIpc) is 3.04. The number of imide groups is 1.